The van der Waals surface area contributed by atoms with Crippen molar-refractivity contribution in [3.63, 3.8) is 0 Å². The molecule has 0 saturated carbocycles. The monoisotopic (exact) mass is 273 g/mol. The Morgan fingerprint density at radius 3 is 2.65 bits per heavy atom. The van der Waals surface area contributed by atoms with Gasteiger partial charge < -0.3 is 5.73 Å². The van der Waals surface area contributed by atoms with Crippen molar-refractivity contribution in [1.82, 2.24) is 0 Å². The summed E-state index contributed by atoms with van der Waals surface area (Å²) in [5, 5.41) is 0. The van der Waals surface area contributed by atoms with Crippen molar-refractivity contribution in [1.29, 1.82) is 0 Å². The normalized spacial score (nSPS) is 12.8. The predicted molar refractivity (Wildman–Crippen MR) is 86.0 cm³/mol. The number of amides is 1. The van der Waals surface area contributed by atoms with Crippen molar-refractivity contribution in [3.05, 3.63) is 47.0 Å². The van der Waals surface area contributed by atoms with Crippen LogP contribution >= 0.6 is 0 Å². The summed E-state index contributed by atoms with van der Waals surface area (Å²) in [6.07, 6.45) is 9.76. The Bertz CT molecular complexity index is 462. The Kier molecular flexibility index (Phi) is 7.06. The number of carbonyl (C=O) groups is 1. The first-order chi connectivity index (χ1) is 9.65. The van der Waals surface area contributed by atoms with E-state index in [9.17, 15) is 4.79 Å². The summed E-state index contributed by atoms with van der Waals surface area (Å²) in [6, 6.07) is 5.97. The number of carbonyl (C=O) groups excluding carboxylic acids is 1. The van der Waals surface area contributed by atoms with E-state index in [4.69, 9.17) is 5.73 Å². The molecule has 20 heavy (non-hydrogen) atoms. The Labute approximate surface area is 123 Å². The van der Waals surface area contributed by atoms with Gasteiger partial charge in [-0.1, -0.05) is 38.1 Å². The summed E-state index contributed by atoms with van der Waals surface area (Å²) in [5.74, 6) is 0.210. The molecule has 1 rings (SSSR count). The molecule has 0 heterocycles. The molecule has 110 valence electrons. The van der Waals surface area contributed by atoms with Crippen LogP contribution in [0.2, 0.25) is 0 Å². The SMILES string of the molecule is CC=CCCCC(CC)c1cccc(C(N)=O)c1CC. The fourth-order valence-corrected chi connectivity index (χ4v) is 2.84. The standard InChI is InChI=1S/C18H27NO/c1-4-7-8-9-11-14(5-2)16-12-10-13-17(18(19)20)15(16)6-3/h4,7,10,12-14H,5-6,8-9,11H2,1-3H3,(H2,19,20). The molecule has 0 fully saturated rings. The maximum Gasteiger partial charge on any atom is 0.248 e. The number of unbranched alkanes of at least 4 members (excludes halogenated alkanes) is 1. The summed E-state index contributed by atoms with van der Waals surface area (Å²) < 4.78 is 0. The lowest BCUT2D eigenvalue weighted by molar-refractivity contribution is 0.0999. The molecule has 0 aromatic heterocycles. The fraction of sp³-hybridized carbons (Fsp3) is 0.500. The van der Waals surface area contributed by atoms with E-state index in [1.54, 1.807) is 0 Å². The Balaban J connectivity index is 2.96. The van der Waals surface area contributed by atoms with Crippen molar-refractivity contribution in [2.45, 2.75) is 58.8 Å². The molecule has 0 spiro atoms. The summed E-state index contributed by atoms with van der Waals surface area (Å²) in [4.78, 5) is 11.6. The molecular weight excluding hydrogens is 246 g/mol. The molecule has 2 N–H and O–H groups in total. The van der Waals surface area contributed by atoms with Gasteiger partial charge in [0.1, 0.15) is 0 Å². The molecule has 1 aromatic rings. The van der Waals surface area contributed by atoms with E-state index < -0.39 is 0 Å². The van der Waals surface area contributed by atoms with Crippen molar-refractivity contribution in [3.8, 4) is 0 Å². The molecule has 1 unspecified atom stereocenters. The van der Waals surface area contributed by atoms with Crippen LogP contribution in [0.25, 0.3) is 0 Å². The number of primary amides is 1. The van der Waals surface area contributed by atoms with Gasteiger partial charge >= 0.3 is 0 Å². The third kappa shape index (κ3) is 4.22. The molecule has 0 aliphatic heterocycles. The number of nitrogens with two attached hydrogens (primary N) is 1. The lowest BCUT2D eigenvalue weighted by Crippen LogP contribution is -2.16. The van der Waals surface area contributed by atoms with Crippen LogP contribution in [0.3, 0.4) is 0 Å². The van der Waals surface area contributed by atoms with Gasteiger partial charge in [0, 0.05) is 5.56 Å². The van der Waals surface area contributed by atoms with Crippen molar-refractivity contribution in [2.24, 2.45) is 5.73 Å². The second-order valence-corrected chi connectivity index (χ2v) is 5.20. The predicted octanol–water partition coefficient (Wildman–Crippen LogP) is 4.59. The molecule has 1 aromatic carbocycles. The first-order valence-corrected chi connectivity index (χ1v) is 7.68. The van der Waals surface area contributed by atoms with Crippen LogP contribution < -0.4 is 5.73 Å². The van der Waals surface area contributed by atoms with Crippen LogP contribution in [0, 0.1) is 0 Å². The topological polar surface area (TPSA) is 43.1 Å². The first-order valence-electron chi connectivity index (χ1n) is 7.68. The van der Waals surface area contributed by atoms with Gasteiger partial charge in [-0.15, -0.1) is 0 Å². The van der Waals surface area contributed by atoms with Gasteiger partial charge in [0.15, 0.2) is 0 Å². The minimum atomic E-state index is -0.313. The minimum absolute atomic E-state index is 0.313. The van der Waals surface area contributed by atoms with Gasteiger partial charge in [-0.3, -0.25) is 4.79 Å². The van der Waals surface area contributed by atoms with Crippen LogP contribution in [-0.4, -0.2) is 5.91 Å². The molecule has 0 aliphatic carbocycles. The average Bonchev–Trinajstić information content (AvgIpc) is 2.46. The summed E-state index contributed by atoms with van der Waals surface area (Å²) >= 11 is 0. The molecule has 1 atom stereocenters. The van der Waals surface area contributed by atoms with Crippen LogP contribution in [0.4, 0.5) is 0 Å². The number of benzene rings is 1. The summed E-state index contributed by atoms with van der Waals surface area (Å²) in [6.45, 7) is 6.37. The number of rotatable bonds is 8. The maximum atomic E-state index is 11.6. The Morgan fingerprint density at radius 2 is 2.10 bits per heavy atom. The van der Waals surface area contributed by atoms with Gasteiger partial charge in [-0.25, -0.2) is 0 Å². The molecule has 1 amide bonds. The van der Waals surface area contributed by atoms with Crippen LogP contribution in [-0.2, 0) is 6.42 Å². The third-order valence-electron chi connectivity index (χ3n) is 3.92. The van der Waals surface area contributed by atoms with E-state index in [0.717, 1.165) is 31.2 Å². The van der Waals surface area contributed by atoms with Crippen LogP contribution in [0.1, 0.15) is 73.9 Å². The average molecular weight is 273 g/mol. The maximum absolute atomic E-state index is 11.6. The van der Waals surface area contributed by atoms with Gasteiger partial charge in [-0.2, -0.15) is 0 Å². The van der Waals surface area contributed by atoms with Crippen molar-refractivity contribution >= 4 is 5.91 Å². The van der Waals surface area contributed by atoms with E-state index in [0.29, 0.717) is 11.5 Å². The number of hydrogen-bond acceptors (Lipinski definition) is 1. The van der Waals surface area contributed by atoms with Crippen LogP contribution in [0.15, 0.2) is 30.4 Å². The largest absolute Gasteiger partial charge is 0.366 e. The molecule has 0 saturated heterocycles. The van der Waals surface area contributed by atoms with E-state index in [1.807, 2.05) is 12.1 Å². The zero-order valence-corrected chi connectivity index (χ0v) is 13.0. The van der Waals surface area contributed by atoms with Gasteiger partial charge in [0.05, 0.1) is 0 Å². The smallest absolute Gasteiger partial charge is 0.248 e. The summed E-state index contributed by atoms with van der Waals surface area (Å²) in [5.41, 5.74) is 8.63. The quantitative estimate of drug-likeness (QED) is 0.546. The second-order valence-electron chi connectivity index (χ2n) is 5.20. The van der Waals surface area contributed by atoms with Crippen LogP contribution in [0.5, 0.6) is 0 Å². The molecular formula is C18H27NO. The number of hydrogen-bond donors (Lipinski definition) is 1. The minimum Gasteiger partial charge on any atom is -0.366 e. The highest BCUT2D eigenvalue weighted by Gasteiger charge is 2.17. The molecule has 2 nitrogen and oxygen atoms in total. The third-order valence-corrected chi connectivity index (χ3v) is 3.92. The van der Waals surface area contributed by atoms with E-state index in [-0.39, 0.29) is 5.91 Å². The van der Waals surface area contributed by atoms with E-state index >= 15 is 0 Å². The zero-order valence-electron chi connectivity index (χ0n) is 13.0. The zero-order chi connectivity index (χ0) is 15.0. The van der Waals surface area contributed by atoms with Crippen molar-refractivity contribution < 1.29 is 4.79 Å². The first kappa shape index (κ1) is 16.5. The second kappa shape index (κ2) is 8.57. The van der Waals surface area contributed by atoms with Gasteiger partial charge in [0.2, 0.25) is 5.91 Å². The Hall–Kier alpha value is -1.57. The van der Waals surface area contributed by atoms with Crippen molar-refractivity contribution in [2.75, 3.05) is 0 Å². The van der Waals surface area contributed by atoms with E-state index in [2.05, 4.69) is 39.0 Å². The van der Waals surface area contributed by atoms with Gasteiger partial charge in [-0.05, 0) is 62.1 Å². The molecule has 0 bridgehead atoms. The molecule has 0 radical (unpaired) electrons. The fourth-order valence-electron chi connectivity index (χ4n) is 2.84. The highest BCUT2D eigenvalue weighted by molar-refractivity contribution is 5.94. The Morgan fingerprint density at radius 1 is 1.35 bits per heavy atom. The lowest BCUT2D eigenvalue weighted by atomic mass is 9.85. The highest BCUT2D eigenvalue weighted by atomic mass is 16.1. The van der Waals surface area contributed by atoms with E-state index in [1.165, 1.54) is 12.0 Å². The molecule has 0 aliphatic rings. The highest BCUT2D eigenvalue weighted by Crippen LogP contribution is 2.30. The lowest BCUT2D eigenvalue weighted by Gasteiger charge is -2.20. The van der Waals surface area contributed by atoms with Gasteiger partial charge in [0.25, 0.3) is 0 Å². The summed E-state index contributed by atoms with van der Waals surface area (Å²) in [7, 11) is 0. The molecule has 2 heteroatoms. The number of allylic oxidation sites excluding steroid dienone is 2.